The van der Waals surface area contributed by atoms with Gasteiger partial charge in [0.1, 0.15) is 5.75 Å². The Bertz CT molecular complexity index is 505. The molecule has 0 aromatic heterocycles. The fraction of sp³-hybridized carbons (Fsp3) is 0.400. The molecular weight excluding hydrogens is 240 g/mol. The maximum atomic E-state index is 11.4. The van der Waals surface area contributed by atoms with Crippen molar-refractivity contribution in [3.8, 4) is 18.1 Å². The Balaban J connectivity index is 1.97. The van der Waals surface area contributed by atoms with E-state index in [1.54, 1.807) is 0 Å². The summed E-state index contributed by atoms with van der Waals surface area (Å²) in [5.74, 6) is 2.79. The van der Waals surface area contributed by atoms with E-state index in [9.17, 15) is 4.79 Å². The summed E-state index contributed by atoms with van der Waals surface area (Å²) in [6.45, 7) is 0.187. The molecule has 0 bridgehead atoms. The third-order valence-electron chi connectivity index (χ3n) is 3.24. The van der Waals surface area contributed by atoms with E-state index in [4.69, 9.17) is 16.9 Å². The molecule has 0 radical (unpaired) electrons. The van der Waals surface area contributed by atoms with Crippen LogP contribution in [0.1, 0.15) is 30.0 Å². The molecule has 1 atom stereocenters. The highest BCUT2D eigenvalue weighted by molar-refractivity contribution is 5.77. The normalized spacial score (nSPS) is 17.2. The van der Waals surface area contributed by atoms with Crippen molar-refractivity contribution in [2.24, 2.45) is 5.73 Å². The number of benzene rings is 1. The highest BCUT2D eigenvalue weighted by Crippen LogP contribution is 2.30. The molecule has 0 fully saturated rings. The Hall–Kier alpha value is -1.99. The third-order valence-corrected chi connectivity index (χ3v) is 3.24. The molecule has 0 spiro atoms. The van der Waals surface area contributed by atoms with Crippen LogP contribution in [0.2, 0.25) is 0 Å². The van der Waals surface area contributed by atoms with Crippen molar-refractivity contribution in [2.75, 3.05) is 13.2 Å². The highest BCUT2D eigenvalue weighted by Gasteiger charge is 2.17. The van der Waals surface area contributed by atoms with Gasteiger partial charge in [-0.25, -0.2) is 0 Å². The minimum atomic E-state index is -0.222. The van der Waals surface area contributed by atoms with Gasteiger partial charge in [-0.05, 0) is 42.5 Å². The van der Waals surface area contributed by atoms with Crippen LogP contribution in [0.5, 0.6) is 5.75 Å². The van der Waals surface area contributed by atoms with Gasteiger partial charge in [-0.2, -0.15) is 0 Å². The fourth-order valence-electron chi connectivity index (χ4n) is 2.25. The van der Waals surface area contributed by atoms with E-state index in [0.717, 1.165) is 24.8 Å². The van der Waals surface area contributed by atoms with E-state index >= 15 is 0 Å². The first-order valence-electron chi connectivity index (χ1n) is 6.42. The molecule has 1 amide bonds. The van der Waals surface area contributed by atoms with Crippen molar-refractivity contribution >= 4 is 5.91 Å². The van der Waals surface area contributed by atoms with E-state index in [1.165, 1.54) is 5.56 Å². The Morgan fingerprint density at radius 2 is 2.42 bits per heavy atom. The van der Waals surface area contributed by atoms with Gasteiger partial charge in [-0.1, -0.05) is 12.0 Å². The lowest BCUT2D eigenvalue weighted by molar-refractivity contribution is -0.122. The number of nitrogens with one attached hydrogen (secondary N) is 1. The second kappa shape index (κ2) is 6.26. The quantitative estimate of drug-likeness (QED) is 0.796. The summed E-state index contributed by atoms with van der Waals surface area (Å²) in [5, 5.41) is 2.55. The molecule has 3 N–H and O–H groups in total. The van der Waals surface area contributed by atoms with Crippen LogP contribution >= 0.6 is 0 Å². The standard InChI is InChI=1S/C15H18N2O2/c1-2-8-17-15(18)10-19-12-7-6-11-4-3-5-14(16)13(11)9-12/h1,6-7,9,14H,3-5,8,10,16H2,(H,17,18). The van der Waals surface area contributed by atoms with Crippen molar-refractivity contribution in [1.29, 1.82) is 0 Å². The maximum Gasteiger partial charge on any atom is 0.258 e. The zero-order valence-corrected chi connectivity index (χ0v) is 10.8. The van der Waals surface area contributed by atoms with Crippen LogP contribution in [0.25, 0.3) is 0 Å². The molecule has 1 aliphatic rings. The second-order valence-corrected chi connectivity index (χ2v) is 4.63. The van der Waals surface area contributed by atoms with Crippen LogP contribution in [0.3, 0.4) is 0 Å². The van der Waals surface area contributed by atoms with Gasteiger partial charge in [0.25, 0.3) is 5.91 Å². The topological polar surface area (TPSA) is 64.3 Å². The van der Waals surface area contributed by atoms with Gasteiger partial charge in [0.15, 0.2) is 6.61 Å². The van der Waals surface area contributed by atoms with Crippen molar-refractivity contribution in [3.05, 3.63) is 29.3 Å². The third kappa shape index (κ3) is 3.49. The van der Waals surface area contributed by atoms with Gasteiger partial charge in [0, 0.05) is 6.04 Å². The molecule has 0 saturated heterocycles. The number of rotatable bonds is 4. The molecule has 0 aliphatic heterocycles. The molecule has 100 valence electrons. The zero-order valence-electron chi connectivity index (χ0n) is 10.8. The highest BCUT2D eigenvalue weighted by atomic mass is 16.5. The largest absolute Gasteiger partial charge is 0.484 e. The molecule has 4 heteroatoms. The molecule has 19 heavy (non-hydrogen) atoms. The van der Waals surface area contributed by atoms with Gasteiger partial charge in [-0.15, -0.1) is 6.42 Å². The predicted molar refractivity (Wildman–Crippen MR) is 73.6 cm³/mol. The van der Waals surface area contributed by atoms with Crippen molar-refractivity contribution < 1.29 is 9.53 Å². The van der Waals surface area contributed by atoms with Gasteiger partial charge >= 0.3 is 0 Å². The number of aryl methyl sites for hydroxylation is 1. The first kappa shape index (κ1) is 13.4. The molecule has 0 heterocycles. The summed E-state index contributed by atoms with van der Waals surface area (Å²) in [6.07, 6.45) is 8.24. The molecule has 1 aromatic rings. The summed E-state index contributed by atoms with van der Waals surface area (Å²) in [6, 6.07) is 5.92. The summed E-state index contributed by atoms with van der Waals surface area (Å²) >= 11 is 0. The van der Waals surface area contributed by atoms with E-state index in [2.05, 4.69) is 11.2 Å². The van der Waals surface area contributed by atoms with E-state index in [1.807, 2.05) is 18.2 Å². The number of hydrogen-bond acceptors (Lipinski definition) is 3. The lowest BCUT2D eigenvalue weighted by atomic mass is 9.88. The molecule has 1 aromatic carbocycles. The zero-order chi connectivity index (χ0) is 13.7. The number of amides is 1. The first-order chi connectivity index (χ1) is 9.20. The summed E-state index contributed by atoms with van der Waals surface area (Å²) in [7, 11) is 0. The van der Waals surface area contributed by atoms with Crippen LogP contribution in [-0.4, -0.2) is 19.1 Å². The van der Waals surface area contributed by atoms with Gasteiger partial charge in [-0.3, -0.25) is 4.79 Å². The number of carbonyl (C=O) groups is 1. The molecule has 2 rings (SSSR count). The van der Waals surface area contributed by atoms with Crippen molar-refractivity contribution in [1.82, 2.24) is 5.32 Å². The van der Waals surface area contributed by atoms with Crippen LogP contribution < -0.4 is 15.8 Å². The minimum absolute atomic E-state index is 0.0320. The van der Waals surface area contributed by atoms with Crippen LogP contribution in [0, 0.1) is 12.3 Å². The van der Waals surface area contributed by atoms with Crippen LogP contribution in [0.15, 0.2) is 18.2 Å². The van der Waals surface area contributed by atoms with E-state index < -0.39 is 0 Å². The van der Waals surface area contributed by atoms with Gasteiger partial charge in [0.05, 0.1) is 6.54 Å². The number of fused-ring (bicyclic) bond motifs is 1. The molecule has 0 saturated carbocycles. The average Bonchev–Trinajstić information content (AvgIpc) is 2.43. The Morgan fingerprint density at radius 3 is 3.21 bits per heavy atom. The monoisotopic (exact) mass is 258 g/mol. The first-order valence-corrected chi connectivity index (χ1v) is 6.42. The lowest BCUT2D eigenvalue weighted by Crippen LogP contribution is -2.29. The second-order valence-electron chi connectivity index (χ2n) is 4.63. The van der Waals surface area contributed by atoms with E-state index in [0.29, 0.717) is 5.75 Å². The Labute approximate surface area is 113 Å². The van der Waals surface area contributed by atoms with Crippen molar-refractivity contribution in [2.45, 2.75) is 25.3 Å². The van der Waals surface area contributed by atoms with Crippen LogP contribution in [0.4, 0.5) is 0 Å². The number of terminal acetylenes is 1. The lowest BCUT2D eigenvalue weighted by Gasteiger charge is -2.22. The number of hydrogen-bond donors (Lipinski definition) is 2. The van der Waals surface area contributed by atoms with E-state index in [-0.39, 0.29) is 25.1 Å². The number of ether oxygens (including phenoxy) is 1. The Morgan fingerprint density at radius 1 is 1.58 bits per heavy atom. The van der Waals surface area contributed by atoms with Crippen LogP contribution in [-0.2, 0) is 11.2 Å². The summed E-state index contributed by atoms with van der Waals surface area (Å²) in [4.78, 5) is 11.4. The smallest absolute Gasteiger partial charge is 0.258 e. The SMILES string of the molecule is C#CCNC(=O)COc1ccc2c(c1)C(N)CCC2. The molecule has 1 unspecified atom stereocenters. The number of nitrogens with two attached hydrogens (primary N) is 1. The summed E-state index contributed by atoms with van der Waals surface area (Å²) < 4.78 is 5.44. The molecule has 4 nitrogen and oxygen atoms in total. The molecule has 1 aliphatic carbocycles. The van der Waals surface area contributed by atoms with Gasteiger partial charge in [0.2, 0.25) is 0 Å². The fourth-order valence-corrected chi connectivity index (χ4v) is 2.25. The number of carbonyl (C=O) groups excluding carboxylic acids is 1. The van der Waals surface area contributed by atoms with Gasteiger partial charge < -0.3 is 15.8 Å². The van der Waals surface area contributed by atoms with Crippen molar-refractivity contribution in [3.63, 3.8) is 0 Å². The maximum absolute atomic E-state index is 11.4. The minimum Gasteiger partial charge on any atom is -0.484 e. The molecular formula is C15H18N2O2. The average molecular weight is 258 g/mol. The Kier molecular flexibility index (Phi) is 4.43. The predicted octanol–water partition coefficient (Wildman–Crippen LogP) is 1.15. The summed E-state index contributed by atoms with van der Waals surface area (Å²) in [5.41, 5.74) is 8.49.